The average molecular weight is 286 g/mol. The van der Waals surface area contributed by atoms with Gasteiger partial charge in [-0.2, -0.15) is 0 Å². The van der Waals surface area contributed by atoms with Gasteiger partial charge < -0.3 is 16.4 Å². The summed E-state index contributed by atoms with van der Waals surface area (Å²) < 4.78 is 0. The van der Waals surface area contributed by atoms with Gasteiger partial charge in [0.2, 0.25) is 5.91 Å². The number of anilines is 1. The second-order valence-corrected chi connectivity index (χ2v) is 4.48. The molecule has 0 spiro atoms. The number of hydrogen-bond donors (Lipinski definition) is 3. The van der Waals surface area contributed by atoms with Gasteiger partial charge in [-0.15, -0.1) is 12.4 Å². The predicted molar refractivity (Wildman–Crippen MR) is 78.6 cm³/mol. The highest BCUT2D eigenvalue weighted by atomic mass is 35.5. The van der Waals surface area contributed by atoms with E-state index >= 15 is 0 Å². The van der Waals surface area contributed by atoms with E-state index in [9.17, 15) is 9.59 Å². The molecule has 0 bridgehead atoms. The van der Waals surface area contributed by atoms with E-state index in [0.29, 0.717) is 11.3 Å². The summed E-state index contributed by atoms with van der Waals surface area (Å²) in [4.78, 5) is 23.0. The zero-order valence-electron chi connectivity index (χ0n) is 11.3. The monoisotopic (exact) mass is 285 g/mol. The third-order valence-electron chi connectivity index (χ3n) is 2.25. The molecule has 0 radical (unpaired) electrons. The lowest BCUT2D eigenvalue weighted by molar-refractivity contribution is -0.117. The van der Waals surface area contributed by atoms with Crippen LogP contribution in [0.15, 0.2) is 24.3 Å². The third kappa shape index (κ3) is 5.72. The molecule has 4 N–H and O–H groups in total. The number of nitrogens with one attached hydrogen (secondary N) is 2. The van der Waals surface area contributed by atoms with Crippen molar-refractivity contribution in [2.75, 3.05) is 5.32 Å². The molecule has 19 heavy (non-hydrogen) atoms. The maximum absolute atomic E-state index is 11.7. The van der Waals surface area contributed by atoms with E-state index in [0.717, 1.165) is 0 Å². The first-order valence-corrected chi connectivity index (χ1v) is 5.87. The van der Waals surface area contributed by atoms with Crippen molar-refractivity contribution in [3.05, 3.63) is 29.8 Å². The van der Waals surface area contributed by atoms with Gasteiger partial charge in [0.15, 0.2) is 0 Å². The first-order valence-electron chi connectivity index (χ1n) is 5.87. The largest absolute Gasteiger partial charge is 0.350 e. The van der Waals surface area contributed by atoms with E-state index in [1.54, 1.807) is 31.2 Å². The van der Waals surface area contributed by atoms with Crippen LogP contribution >= 0.6 is 12.4 Å². The summed E-state index contributed by atoms with van der Waals surface area (Å²) in [5, 5.41) is 5.44. The quantitative estimate of drug-likeness (QED) is 0.784. The number of amides is 2. The molecular formula is C13H20ClN3O2. The van der Waals surface area contributed by atoms with Crippen molar-refractivity contribution >= 4 is 29.9 Å². The van der Waals surface area contributed by atoms with Crippen molar-refractivity contribution in [3.8, 4) is 0 Å². The van der Waals surface area contributed by atoms with Crippen LogP contribution in [0.4, 0.5) is 5.69 Å². The highest BCUT2D eigenvalue weighted by Gasteiger charge is 2.09. The lowest BCUT2D eigenvalue weighted by atomic mass is 10.2. The van der Waals surface area contributed by atoms with Crippen LogP contribution in [0.2, 0.25) is 0 Å². The zero-order chi connectivity index (χ0) is 13.7. The second-order valence-electron chi connectivity index (χ2n) is 4.48. The van der Waals surface area contributed by atoms with Crippen LogP contribution in [0, 0.1) is 0 Å². The van der Waals surface area contributed by atoms with E-state index in [2.05, 4.69) is 10.6 Å². The van der Waals surface area contributed by atoms with Crippen molar-refractivity contribution in [3.63, 3.8) is 0 Å². The number of hydrogen-bond acceptors (Lipinski definition) is 3. The second kappa shape index (κ2) is 7.76. The minimum atomic E-state index is -0.561. The molecule has 1 atom stereocenters. The van der Waals surface area contributed by atoms with Crippen molar-refractivity contribution in [2.24, 2.45) is 5.73 Å². The minimum absolute atomic E-state index is 0. The fourth-order valence-corrected chi connectivity index (χ4v) is 1.31. The van der Waals surface area contributed by atoms with Crippen LogP contribution in [0.3, 0.4) is 0 Å². The summed E-state index contributed by atoms with van der Waals surface area (Å²) in [5.74, 6) is -0.385. The molecule has 0 fully saturated rings. The summed E-state index contributed by atoms with van der Waals surface area (Å²) in [6.07, 6.45) is 0. The Bertz CT molecular complexity index is 430. The molecule has 0 saturated carbocycles. The Kier molecular flexibility index (Phi) is 7.11. The molecule has 0 aliphatic heterocycles. The Labute approximate surface area is 119 Å². The summed E-state index contributed by atoms with van der Waals surface area (Å²) in [5.41, 5.74) is 6.62. The van der Waals surface area contributed by atoms with Gasteiger partial charge in [-0.3, -0.25) is 9.59 Å². The lowest BCUT2D eigenvalue weighted by Gasteiger charge is -2.10. The smallest absolute Gasteiger partial charge is 0.251 e. The summed E-state index contributed by atoms with van der Waals surface area (Å²) in [7, 11) is 0. The van der Waals surface area contributed by atoms with Crippen molar-refractivity contribution in [1.82, 2.24) is 5.32 Å². The number of nitrogens with two attached hydrogens (primary N) is 1. The average Bonchev–Trinajstić information content (AvgIpc) is 2.28. The lowest BCUT2D eigenvalue weighted by Crippen LogP contribution is -2.32. The Balaban J connectivity index is 0.00000324. The zero-order valence-corrected chi connectivity index (χ0v) is 12.1. The SMILES string of the molecule is CC(C)NC(=O)c1ccc(NC(=O)[C@@H](C)N)cc1.Cl. The Morgan fingerprint density at radius 2 is 1.63 bits per heavy atom. The molecular weight excluding hydrogens is 266 g/mol. The van der Waals surface area contributed by atoms with Gasteiger partial charge in [-0.1, -0.05) is 0 Å². The van der Waals surface area contributed by atoms with E-state index in [-0.39, 0.29) is 30.3 Å². The molecule has 0 unspecified atom stereocenters. The Morgan fingerprint density at radius 1 is 1.11 bits per heavy atom. The molecule has 6 heteroatoms. The summed E-state index contributed by atoms with van der Waals surface area (Å²) in [6, 6.07) is 6.21. The normalized spacial score (nSPS) is 11.4. The van der Waals surface area contributed by atoms with Crippen LogP contribution in [-0.2, 0) is 4.79 Å². The number of halogens is 1. The molecule has 2 amide bonds. The van der Waals surface area contributed by atoms with Crippen molar-refractivity contribution in [1.29, 1.82) is 0 Å². The molecule has 1 rings (SSSR count). The first-order chi connectivity index (χ1) is 8.40. The molecule has 0 aromatic heterocycles. The first kappa shape index (κ1) is 17.4. The maximum Gasteiger partial charge on any atom is 0.251 e. The highest BCUT2D eigenvalue weighted by molar-refractivity contribution is 5.97. The number of carbonyl (C=O) groups excluding carboxylic acids is 2. The Morgan fingerprint density at radius 3 is 2.05 bits per heavy atom. The van der Waals surface area contributed by atoms with Gasteiger partial charge in [0, 0.05) is 17.3 Å². The fourth-order valence-electron chi connectivity index (χ4n) is 1.31. The van der Waals surface area contributed by atoms with Crippen molar-refractivity contribution < 1.29 is 9.59 Å². The fraction of sp³-hybridized carbons (Fsp3) is 0.385. The van der Waals surface area contributed by atoms with E-state index in [1.165, 1.54) is 0 Å². The van der Waals surface area contributed by atoms with Gasteiger partial charge in [0.25, 0.3) is 5.91 Å². The van der Waals surface area contributed by atoms with Crippen LogP contribution < -0.4 is 16.4 Å². The van der Waals surface area contributed by atoms with E-state index in [4.69, 9.17) is 5.73 Å². The van der Waals surface area contributed by atoms with E-state index in [1.807, 2.05) is 13.8 Å². The summed E-state index contributed by atoms with van der Waals surface area (Å²) >= 11 is 0. The topological polar surface area (TPSA) is 84.2 Å². The molecule has 0 aliphatic carbocycles. The summed E-state index contributed by atoms with van der Waals surface area (Å²) in [6.45, 7) is 5.41. The Hall–Kier alpha value is -1.59. The van der Waals surface area contributed by atoms with Crippen LogP contribution in [0.25, 0.3) is 0 Å². The molecule has 106 valence electrons. The minimum Gasteiger partial charge on any atom is -0.350 e. The molecule has 0 aliphatic rings. The number of rotatable bonds is 4. The number of carbonyl (C=O) groups is 2. The van der Waals surface area contributed by atoms with Gasteiger partial charge in [0.05, 0.1) is 6.04 Å². The molecule has 5 nitrogen and oxygen atoms in total. The van der Waals surface area contributed by atoms with Crippen LogP contribution in [0.1, 0.15) is 31.1 Å². The van der Waals surface area contributed by atoms with Crippen LogP contribution in [-0.4, -0.2) is 23.9 Å². The van der Waals surface area contributed by atoms with Gasteiger partial charge in [-0.05, 0) is 45.0 Å². The van der Waals surface area contributed by atoms with Gasteiger partial charge in [-0.25, -0.2) is 0 Å². The van der Waals surface area contributed by atoms with Crippen LogP contribution in [0.5, 0.6) is 0 Å². The standard InChI is InChI=1S/C13H19N3O2.ClH/c1-8(2)15-13(18)10-4-6-11(7-5-10)16-12(17)9(3)14;/h4-9H,14H2,1-3H3,(H,15,18)(H,16,17);1H/t9-;/m1./s1. The number of benzene rings is 1. The molecule has 1 aromatic rings. The highest BCUT2D eigenvalue weighted by Crippen LogP contribution is 2.10. The third-order valence-corrected chi connectivity index (χ3v) is 2.25. The maximum atomic E-state index is 11.7. The van der Waals surface area contributed by atoms with Gasteiger partial charge in [0.1, 0.15) is 0 Å². The molecule has 0 heterocycles. The molecule has 0 saturated heterocycles. The van der Waals surface area contributed by atoms with Crippen molar-refractivity contribution in [2.45, 2.75) is 32.9 Å². The molecule has 1 aromatic carbocycles. The predicted octanol–water partition coefficient (Wildman–Crippen LogP) is 1.53. The van der Waals surface area contributed by atoms with E-state index < -0.39 is 6.04 Å². The van der Waals surface area contributed by atoms with Gasteiger partial charge >= 0.3 is 0 Å².